The summed E-state index contributed by atoms with van der Waals surface area (Å²) in [5, 5.41) is 21.2. The number of anilines is 1. The number of nitrogens with one attached hydrogen (secondary N) is 1. The Balaban J connectivity index is 1.79. The number of rotatable bonds is 4. The summed E-state index contributed by atoms with van der Waals surface area (Å²) < 4.78 is 0. The van der Waals surface area contributed by atoms with E-state index in [1.807, 2.05) is 0 Å². The second-order valence-corrected chi connectivity index (χ2v) is 6.39. The lowest BCUT2D eigenvalue weighted by Gasteiger charge is -2.31. The van der Waals surface area contributed by atoms with Crippen molar-refractivity contribution in [3.8, 4) is 11.3 Å². The standard InChI is InChI=1S/C18H21N5O4/c19-16-15(17(25)21-13-5-2-6-23(9-13)18(26)27)22-14(8-20-16)12-4-1-3-11(7-12)10-24/h1,3-4,7-8,13,24H,2,5-6,9-10H2,(H2,19,20)(H,21,25)(H,26,27)/t13-/m0/s1. The van der Waals surface area contributed by atoms with E-state index in [4.69, 9.17) is 10.8 Å². The molecular weight excluding hydrogens is 350 g/mol. The van der Waals surface area contributed by atoms with Crippen LogP contribution in [0.5, 0.6) is 0 Å². The number of hydrogen-bond donors (Lipinski definition) is 4. The largest absolute Gasteiger partial charge is 0.465 e. The molecule has 1 aliphatic heterocycles. The van der Waals surface area contributed by atoms with Crippen molar-refractivity contribution in [3.63, 3.8) is 0 Å². The van der Waals surface area contributed by atoms with Crippen molar-refractivity contribution in [2.24, 2.45) is 0 Å². The number of likely N-dealkylation sites (tertiary alicyclic amines) is 1. The highest BCUT2D eigenvalue weighted by Crippen LogP contribution is 2.20. The third kappa shape index (κ3) is 4.32. The van der Waals surface area contributed by atoms with E-state index in [-0.39, 0.29) is 30.7 Å². The van der Waals surface area contributed by atoms with Crippen LogP contribution in [0.1, 0.15) is 28.9 Å². The number of carbonyl (C=O) groups is 2. The van der Waals surface area contributed by atoms with Gasteiger partial charge in [-0.25, -0.2) is 14.8 Å². The van der Waals surface area contributed by atoms with Gasteiger partial charge in [-0.05, 0) is 24.5 Å². The van der Waals surface area contributed by atoms with Crippen LogP contribution in [0, 0.1) is 0 Å². The van der Waals surface area contributed by atoms with Gasteiger partial charge in [-0.1, -0.05) is 18.2 Å². The Bertz CT molecular complexity index is 857. The molecule has 5 N–H and O–H groups in total. The van der Waals surface area contributed by atoms with Crippen molar-refractivity contribution in [3.05, 3.63) is 41.7 Å². The molecule has 1 fully saturated rings. The average molecular weight is 371 g/mol. The number of nitrogens with two attached hydrogens (primary N) is 1. The zero-order valence-electron chi connectivity index (χ0n) is 14.6. The molecule has 142 valence electrons. The van der Waals surface area contributed by atoms with Crippen LogP contribution in [0.3, 0.4) is 0 Å². The van der Waals surface area contributed by atoms with Gasteiger partial charge in [0.15, 0.2) is 11.5 Å². The number of benzene rings is 1. The van der Waals surface area contributed by atoms with Crippen LogP contribution in [0.15, 0.2) is 30.5 Å². The summed E-state index contributed by atoms with van der Waals surface area (Å²) in [5.74, 6) is -0.488. The number of nitrogens with zero attached hydrogens (tertiary/aromatic N) is 3. The minimum absolute atomic E-state index is 0.000429. The van der Waals surface area contributed by atoms with Crippen molar-refractivity contribution in [2.75, 3.05) is 18.8 Å². The van der Waals surface area contributed by atoms with Crippen LogP contribution in [0.2, 0.25) is 0 Å². The molecule has 9 heteroatoms. The predicted molar refractivity (Wildman–Crippen MR) is 97.9 cm³/mol. The predicted octanol–water partition coefficient (Wildman–Crippen LogP) is 1.09. The Labute approximate surface area is 155 Å². The van der Waals surface area contributed by atoms with Crippen LogP contribution in [0.25, 0.3) is 11.3 Å². The first kappa shape index (κ1) is 18.6. The topological polar surface area (TPSA) is 142 Å². The van der Waals surface area contributed by atoms with E-state index in [9.17, 15) is 14.7 Å². The second kappa shape index (κ2) is 8.00. The number of carboxylic acid groups (broad SMARTS) is 1. The highest BCUT2D eigenvalue weighted by atomic mass is 16.4. The van der Waals surface area contributed by atoms with Gasteiger partial charge < -0.3 is 26.2 Å². The van der Waals surface area contributed by atoms with Gasteiger partial charge >= 0.3 is 6.09 Å². The van der Waals surface area contributed by atoms with Crippen LogP contribution < -0.4 is 11.1 Å². The zero-order valence-corrected chi connectivity index (χ0v) is 14.6. The number of nitrogen functional groups attached to an aromatic ring is 1. The van der Waals surface area contributed by atoms with Gasteiger partial charge in [0, 0.05) is 24.7 Å². The maximum absolute atomic E-state index is 12.6. The van der Waals surface area contributed by atoms with Crippen LogP contribution in [-0.4, -0.2) is 56.2 Å². The van der Waals surface area contributed by atoms with Gasteiger partial charge in [0.1, 0.15) is 0 Å². The highest BCUT2D eigenvalue weighted by Gasteiger charge is 2.26. The molecule has 3 rings (SSSR count). The number of aromatic nitrogens is 2. The lowest BCUT2D eigenvalue weighted by molar-refractivity contribution is 0.0884. The van der Waals surface area contributed by atoms with E-state index in [0.29, 0.717) is 36.2 Å². The first-order chi connectivity index (χ1) is 13.0. The monoisotopic (exact) mass is 371 g/mol. The molecule has 1 aliphatic rings. The first-order valence-corrected chi connectivity index (χ1v) is 8.59. The third-order valence-electron chi connectivity index (χ3n) is 4.45. The minimum atomic E-state index is -1.00. The van der Waals surface area contributed by atoms with E-state index in [1.54, 1.807) is 24.3 Å². The van der Waals surface area contributed by atoms with Crippen molar-refractivity contribution in [2.45, 2.75) is 25.5 Å². The molecule has 0 aliphatic carbocycles. The molecule has 2 aromatic rings. The van der Waals surface area contributed by atoms with Crippen molar-refractivity contribution in [1.29, 1.82) is 0 Å². The number of carbonyl (C=O) groups excluding carboxylic acids is 1. The summed E-state index contributed by atoms with van der Waals surface area (Å²) in [7, 11) is 0. The summed E-state index contributed by atoms with van der Waals surface area (Å²) in [4.78, 5) is 33.4. The molecule has 0 radical (unpaired) electrons. The van der Waals surface area contributed by atoms with E-state index in [0.717, 1.165) is 0 Å². The molecule has 2 heterocycles. The summed E-state index contributed by atoms with van der Waals surface area (Å²) in [6.07, 6.45) is 1.82. The van der Waals surface area contributed by atoms with E-state index in [2.05, 4.69) is 15.3 Å². The Kier molecular flexibility index (Phi) is 5.51. The van der Waals surface area contributed by atoms with Gasteiger partial charge in [-0.15, -0.1) is 0 Å². The SMILES string of the molecule is Nc1ncc(-c2cccc(CO)c2)nc1C(=O)N[C@H]1CCCN(C(=O)O)C1. The van der Waals surface area contributed by atoms with E-state index < -0.39 is 12.0 Å². The number of piperidine rings is 1. The van der Waals surface area contributed by atoms with E-state index in [1.165, 1.54) is 11.1 Å². The highest BCUT2D eigenvalue weighted by molar-refractivity contribution is 5.97. The smallest absolute Gasteiger partial charge is 0.407 e. The van der Waals surface area contributed by atoms with Gasteiger partial charge in [0.25, 0.3) is 5.91 Å². The van der Waals surface area contributed by atoms with Gasteiger partial charge in [0.05, 0.1) is 18.5 Å². The van der Waals surface area contributed by atoms with Gasteiger partial charge in [-0.2, -0.15) is 0 Å². The minimum Gasteiger partial charge on any atom is -0.465 e. The fraction of sp³-hybridized carbons (Fsp3) is 0.333. The Morgan fingerprint density at radius 3 is 2.93 bits per heavy atom. The fourth-order valence-electron chi connectivity index (χ4n) is 3.06. The molecule has 0 unspecified atom stereocenters. The molecule has 0 bridgehead atoms. The number of amides is 2. The Hall–Kier alpha value is -3.20. The summed E-state index contributed by atoms with van der Waals surface area (Å²) in [6, 6.07) is 6.81. The molecule has 0 saturated carbocycles. The van der Waals surface area contributed by atoms with Crippen LogP contribution in [-0.2, 0) is 6.61 Å². The quantitative estimate of drug-likeness (QED) is 0.630. The summed E-state index contributed by atoms with van der Waals surface area (Å²) in [6.45, 7) is 0.582. The average Bonchev–Trinajstić information content (AvgIpc) is 2.68. The van der Waals surface area contributed by atoms with Crippen molar-refractivity contribution in [1.82, 2.24) is 20.2 Å². The molecule has 1 saturated heterocycles. The molecule has 27 heavy (non-hydrogen) atoms. The van der Waals surface area contributed by atoms with Gasteiger partial charge in [0.2, 0.25) is 0 Å². The molecule has 2 amide bonds. The molecule has 1 aromatic heterocycles. The second-order valence-electron chi connectivity index (χ2n) is 6.39. The first-order valence-electron chi connectivity index (χ1n) is 8.59. The van der Waals surface area contributed by atoms with E-state index >= 15 is 0 Å². The number of hydrogen-bond acceptors (Lipinski definition) is 6. The molecule has 9 nitrogen and oxygen atoms in total. The Morgan fingerprint density at radius 1 is 1.37 bits per heavy atom. The molecule has 0 spiro atoms. The Morgan fingerprint density at radius 2 is 2.19 bits per heavy atom. The molecule has 1 aromatic carbocycles. The van der Waals surface area contributed by atoms with Crippen molar-refractivity contribution >= 4 is 17.8 Å². The lowest BCUT2D eigenvalue weighted by Crippen LogP contribution is -2.49. The zero-order chi connectivity index (χ0) is 19.4. The maximum atomic E-state index is 12.6. The van der Waals surface area contributed by atoms with Gasteiger partial charge in [-0.3, -0.25) is 4.79 Å². The normalized spacial score (nSPS) is 16.8. The fourth-order valence-corrected chi connectivity index (χ4v) is 3.06. The lowest BCUT2D eigenvalue weighted by atomic mass is 10.1. The summed E-state index contributed by atoms with van der Waals surface area (Å²) >= 11 is 0. The summed E-state index contributed by atoms with van der Waals surface area (Å²) in [5.41, 5.74) is 7.70. The van der Waals surface area contributed by atoms with Crippen LogP contribution in [0.4, 0.5) is 10.6 Å². The number of aliphatic hydroxyl groups is 1. The van der Waals surface area contributed by atoms with Crippen LogP contribution >= 0.6 is 0 Å². The third-order valence-corrected chi connectivity index (χ3v) is 4.45. The maximum Gasteiger partial charge on any atom is 0.407 e. The molecule has 1 atom stereocenters. The molecular formula is C18H21N5O4. The van der Waals surface area contributed by atoms with Crippen molar-refractivity contribution < 1.29 is 19.8 Å². The number of aliphatic hydroxyl groups excluding tert-OH is 1.